The maximum Gasteiger partial charge on any atom is 0.307 e. The van der Waals surface area contributed by atoms with Crippen LogP contribution in [0.1, 0.15) is 45.4 Å². The van der Waals surface area contributed by atoms with Crippen molar-refractivity contribution in [2.24, 2.45) is 0 Å². The molecular formula is C17H34N2O4. The average molecular weight is 330 g/mol. The number of esters is 2. The van der Waals surface area contributed by atoms with E-state index in [9.17, 15) is 9.59 Å². The van der Waals surface area contributed by atoms with Crippen molar-refractivity contribution in [1.29, 1.82) is 0 Å². The van der Waals surface area contributed by atoms with Gasteiger partial charge in [0.15, 0.2) is 0 Å². The Morgan fingerprint density at radius 3 is 1.87 bits per heavy atom. The third-order valence-electron chi connectivity index (χ3n) is 3.36. The fraction of sp³-hybridized carbons (Fsp3) is 0.882. The smallest absolute Gasteiger partial charge is 0.307 e. The number of hydrogen-bond acceptors (Lipinski definition) is 6. The number of nitrogens with zero attached hydrogens (tertiary/aromatic N) is 2. The van der Waals surface area contributed by atoms with Crippen molar-refractivity contribution in [3.05, 3.63) is 0 Å². The molecule has 0 aliphatic rings. The van der Waals surface area contributed by atoms with Gasteiger partial charge in [-0.3, -0.25) is 9.59 Å². The molecule has 0 heterocycles. The first-order chi connectivity index (χ1) is 11.0. The van der Waals surface area contributed by atoms with Crippen molar-refractivity contribution in [2.45, 2.75) is 45.4 Å². The van der Waals surface area contributed by atoms with E-state index in [0.717, 1.165) is 45.3 Å². The van der Waals surface area contributed by atoms with Crippen LogP contribution in [0, 0.1) is 0 Å². The van der Waals surface area contributed by atoms with Crippen molar-refractivity contribution in [3.63, 3.8) is 0 Å². The maximum absolute atomic E-state index is 11.6. The molecule has 0 atom stereocenters. The maximum atomic E-state index is 11.6. The zero-order chi connectivity index (χ0) is 17.5. The summed E-state index contributed by atoms with van der Waals surface area (Å²) < 4.78 is 10.2. The second kappa shape index (κ2) is 14.5. The highest BCUT2D eigenvalue weighted by Gasteiger charge is 2.06. The van der Waals surface area contributed by atoms with Gasteiger partial charge in [0.2, 0.25) is 0 Å². The molecule has 0 radical (unpaired) electrons. The van der Waals surface area contributed by atoms with Crippen LogP contribution < -0.4 is 0 Å². The first-order valence-electron chi connectivity index (χ1n) is 8.60. The fourth-order valence-corrected chi connectivity index (χ4v) is 1.98. The van der Waals surface area contributed by atoms with Crippen LogP contribution in [0.15, 0.2) is 0 Å². The molecule has 0 aromatic carbocycles. The molecule has 0 N–H and O–H groups in total. The molecule has 0 aromatic rings. The Kier molecular flexibility index (Phi) is 13.7. The lowest BCUT2D eigenvalue weighted by Gasteiger charge is -2.17. The van der Waals surface area contributed by atoms with Gasteiger partial charge in [0.05, 0.1) is 19.6 Å². The summed E-state index contributed by atoms with van der Waals surface area (Å²) in [6, 6.07) is 0. The predicted octanol–water partition coefficient (Wildman–Crippen LogP) is 1.93. The largest absolute Gasteiger partial charge is 0.466 e. The molecule has 0 saturated heterocycles. The number of carbonyl (C=O) groups is 2. The highest BCUT2D eigenvalue weighted by Crippen LogP contribution is 1.98. The molecule has 0 bridgehead atoms. The zero-order valence-electron chi connectivity index (χ0n) is 15.3. The van der Waals surface area contributed by atoms with E-state index in [1.54, 1.807) is 0 Å². The van der Waals surface area contributed by atoms with Crippen LogP contribution in [-0.2, 0) is 19.1 Å². The summed E-state index contributed by atoms with van der Waals surface area (Å²) in [5.74, 6) is -0.311. The van der Waals surface area contributed by atoms with Gasteiger partial charge in [0, 0.05) is 13.0 Å². The number of ether oxygens (including phenoxy) is 2. The highest BCUT2D eigenvalue weighted by molar-refractivity contribution is 5.69. The van der Waals surface area contributed by atoms with E-state index in [1.165, 1.54) is 0 Å². The molecule has 0 fully saturated rings. The monoisotopic (exact) mass is 330 g/mol. The molecule has 0 amide bonds. The van der Waals surface area contributed by atoms with Gasteiger partial charge < -0.3 is 19.3 Å². The molecule has 0 spiro atoms. The van der Waals surface area contributed by atoms with Crippen LogP contribution in [-0.4, -0.2) is 75.7 Å². The summed E-state index contributed by atoms with van der Waals surface area (Å²) in [6.07, 6.45) is 4.24. The lowest BCUT2D eigenvalue weighted by molar-refractivity contribution is -0.146. The molecule has 0 unspecified atom stereocenters. The standard InChI is InChI=1S/C17H34N2O4/c1-5-9-16(20)22-14-6-7-15-23-17(21)10-13-19(4)12-8-11-18(2)3/h5-15H2,1-4H3. The van der Waals surface area contributed by atoms with E-state index < -0.39 is 0 Å². The van der Waals surface area contributed by atoms with Gasteiger partial charge in [-0.2, -0.15) is 0 Å². The molecular weight excluding hydrogens is 296 g/mol. The summed E-state index contributed by atoms with van der Waals surface area (Å²) in [6.45, 7) is 5.51. The van der Waals surface area contributed by atoms with Crippen LogP contribution in [0.3, 0.4) is 0 Å². The minimum Gasteiger partial charge on any atom is -0.466 e. The van der Waals surface area contributed by atoms with Crippen molar-refractivity contribution in [1.82, 2.24) is 9.80 Å². The third kappa shape index (κ3) is 15.5. The van der Waals surface area contributed by atoms with E-state index in [-0.39, 0.29) is 11.9 Å². The number of hydrogen-bond donors (Lipinski definition) is 0. The second-order valence-corrected chi connectivity index (χ2v) is 6.11. The zero-order valence-corrected chi connectivity index (χ0v) is 15.3. The van der Waals surface area contributed by atoms with Gasteiger partial charge in [-0.1, -0.05) is 6.92 Å². The van der Waals surface area contributed by atoms with Crippen LogP contribution in [0.2, 0.25) is 0 Å². The Morgan fingerprint density at radius 1 is 0.783 bits per heavy atom. The number of rotatable bonds is 14. The molecule has 0 rings (SSSR count). The Morgan fingerprint density at radius 2 is 1.35 bits per heavy atom. The van der Waals surface area contributed by atoms with Crippen molar-refractivity contribution < 1.29 is 19.1 Å². The normalized spacial score (nSPS) is 11.0. The quantitative estimate of drug-likeness (QED) is 0.358. The molecule has 0 aromatic heterocycles. The Labute approximate surface area is 141 Å². The summed E-state index contributed by atoms with van der Waals surface area (Å²) in [5.41, 5.74) is 0. The Bertz CT molecular complexity index is 322. The van der Waals surface area contributed by atoms with Crippen molar-refractivity contribution in [2.75, 3.05) is 54.0 Å². The molecule has 6 heteroatoms. The van der Waals surface area contributed by atoms with Gasteiger partial charge in [0.1, 0.15) is 0 Å². The van der Waals surface area contributed by atoms with Crippen molar-refractivity contribution in [3.8, 4) is 0 Å². The Hall–Kier alpha value is -1.14. The van der Waals surface area contributed by atoms with Gasteiger partial charge in [0.25, 0.3) is 0 Å². The third-order valence-corrected chi connectivity index (χ3v) is 3.36. The average Bonchev–Trinajstić information content (AvgIpc) is 2.48. The van der Waals surface area contributed by atoms with E-state index >= 15 is 0 Å². The molecule has 0 aliphatic carbocycles. The predicted molar refractivity (Wildman–Crippen MR) is 91.3 cm³/mol. The van der Waals surface area contributed by atoms with Crippen LogP contribution >= 0.6 is 0 Å². The minimum absolute atomic E-state index is 0.151. The first kappa shape index (κ1) is 21.9. The molecule has 0 aliphatic heterocycles. The SMILES string of the molecule is CCCC(=O)OCCCCOC(=O)CCN(C)CCCN(C)C. The van der Waals surface area contributed by atoms with Gasteiger partial charge >= 0.3 is 11.9 Å². The van der Waals surface area contributed by atoms with Crippen LogP contribution in [0.4, 0.5) is 0 Å². The van der Waals surface area contributed by atoms with E-state index in [1.807, 2.05) is 14.0 Å². The summed E-state index contributed by atoms with van der Waals surface area (Å²) >= 11 is 0. The van der Waals surface area contributed by atoms with Gasteiger partial charge in [-0.25, -0.2) is 0 Å². The summed E-state index contributed by atoms with van der Waals surface area (Å²) in [7, 11) is 6.14. The van der Waals surface area contributed by atoms with Crippen LogP contribution in [0.5, 0.6) is 0 Å². The van der Waals surface area contributed by atoms with Gasteiger partial charge in [-0.15, -0.1) is 0 Å². The molecule has 0 saturated carbocycles. The number of carbonyl (C=O) groups excluding carboxylic acids is 2. The molecule has 23 heavy (non-hydrogen) atoms. The fourth-order valence-electron chi connectivity index (χ4n) is 1.98. The van der Waals surface area contributed by atoms with E-state index in [4.69, 9.17) is 9.47 Å². The Balaban J connectivity index is 3.44. The van der Waals surface area contributed by atoms with E-state index in [2.05, 4.69) is 23.9 Å². The lowest BCUT2D eigenvalue weighted by Crippen LogP contribution is -2.26. The lowest BCUT2D eigenvalue weighted by atomic mass is 10.3. The second-order valence-electron chi connectivity index (χ2n) is 6.11. The van der Waals surface area contributed by atoms with E-state index in [0.29, 0.717) is 26.1 Å². The topological polar surface area (TPSA) is 59.1 Å². The molecule has 136 valence electrons. The van der Waals surface area contributed by atoms with Gasteiger partial charge in [-0.05, 0) is 59.9 Å². The number of unbranched alkanes of at least 4 members (excludes halogenated alkanes) is 1. The highest BCUT2D eigenvalue weighted by atomic mass is 16.5. The summed E-state index contributed by atoms with van der Waals surface area (Å²) in [4.78, 5) is 27.0. The summed E-state index contributed by atoms with van der Waals surface area (Å²) in [5, 5.41) is 0. The van der Waals surface area contributed by atoms with Crippen LogP contribution in [0.25, 0.3) is 0 Å². The van der Waals surface area contributed by atoms with Crippen molar-refractivity contribution >= 4 is 11.9 Å². The molecule has 6 nitrogen and oxygen atoms in total. The minimum atomic E-state index is -0.160. The first-order valence-corrected chi connectivity index (χ1v) is 8.60.